The van der Waals surface area contributed by atoms with Gasteiger partial charge in [-0.25, -0.2) is 9.67 Å². The van der Waals surface area contributed by atoms with Crippen molar-refractivity contribution in [3.8, 4) is 5.13 Å². The normalized spacial score (nSPS) is 10.7. The summed E-state index contributed by atoms with van der Waals surface area (Å²) in [6, 6.07) is 0. The van der Waals surface area contributed by atoms with Gasteiger partial charge in [-0.3, -0.25) is 0 Å². The molecule has 0 aliphatic rings. The molecule has 0 radical (unpaired) electrons. The molecule has 2 aromatic heterocycles. The second kappa shape index (κ2) is 5.04. The van der Waals surface area contributed by atoms with Gasteiger partial charge in [-0.15, -0.1) is 11.3 Å². The molecule has 0 saturated carbocycles. The maximum Gasteiger partial charge on any atom is 0.210 e. The quantitative estimate of drug-likeness (QED) is 0.785. The molecule has 2 rings (SSSR count). The number of rotatable bonds is 5. The fourth-order valence-electron chi connectivity index (χ4n) is 1.29. The zero-order chi connectivity index (χ0) is 10.5. The van der Waals surface area contributed by atoms with Crippen LogP contribution in [0.25, 0.3) is 5.13 Å². The highest BCUT2D eigenvalue weighted by molar-refractivity contribution is 7.12. The summed E-state index contributed by atoms with van der Waals surface area (Å²) < 4.78 is 1.81. The second-order valence-corrected chi connectivity index (χ2v) is 4.16. The first-order chi connectivity index (χ1) is 7.40. The first-order valence-corrected chi connectivity index (χ1v) is 5.92. The van der Waals surface area contributed by atoms with Crippen molar-refractivity contribution >= 4 is 11.3 Å². The Bertz CT molecular complexity index is 393. The van der Waals surface area contributed by atoms with E-state index in [0.29, 0.717) is 0 Å². The van der Waals surface area contributed by atoms with Gasteiger partial charge in [0.05, 0.1) is 6.20 Å². The van der Waals surface area contributed by atoms with Crippen LogP contribution >= 0.6 is 11.3 Å². The van der Waals surface area contributed by atoms with Crippen LogP contribution in [0, 0.1) is 0 Å². The van der Waals surface area contributed by atoms with Gasteiger partial charge in [0, 0.05) is 29.9 Å². The summed E-state index contributed by atoms with van der Waals surface area (Å²) in [7, 11) is 0. The predicted octanol–water partition coefficient (Wildman–Crippen LogP) is 1.83. The van der Waals surface area contributed by atoms with Crippen LogP contribution in [0.3, 0.4) is 0 Å². The van der Waals surface area contributed by atoms with Crippen molar-refractivity contribution in [2.45, 2.75) is 19.9 Å². The number of thiazole rings is 1. The molecule has 0 aliphatic heterocycles. The smallest absolute Gasteiger partial charge is 0.210 e. The van der Waals surface area contributed by atoms with Gasteiger partial charge in [0.15, 0.2) is 0 Å². The summed E-state index contributed by atoms with van der Waals surface area (Å²) in [4.78, 5) is 4.19. The van der Waals surface area contributed by atoms with E-state index in [2.05, 4.69) is 22.3 Å². The van der Waals surface area contributed by atoms with Crippen LogP contribution in [0.1, 0.15) is 18.9 Å². The summed E-state index contributed by atoms with van der Waals surface area (Å²) in [5.74, 6) is 0. The van der Waals surface area contributed by atoms with Gasteiger partial charge in [-0.05, 0) is 13.0 Å². The fourth-order valence-corrected chi connectivity index (χ4v) is 1.87. The monoisotopic (exact) mass is 222 g/mol. The van der Waals surface area contributed by atoms with Gasteiger partial charge < -0.3 is 5.32 Å². The van der Waals surface area contributed by atoms with Crippen molar-refractivity contribution in [3.63, 3.8) is 0 Å². The third kappa shape index (κ3) is 2.64. The molecule has 0 unspecified atom stereocenters. The average Bonchev–Trinajstić information content (AvgIpc) is 2.87. The summed E-state index contributed by atoms with van der Waals surface area (Å²) >= 11 is 1.59. The highest BCUT2D eigenvalue weighted by Crippen LogP contribution is 2.10. The average molecular weight is 222 g/mol. The molecule has 2 aromatic rings. The number of hydrogen-bond donors (Lipinski definition) is 1. The van der Waals surface area contributed by atoms with Crippen LogP contribution in [0.4, 0.5) is 0 Å². The zero-order valence-electron chi connectivity index (χ0n) is 8.68. The lowest BCUT2D eigenvalue weighted by atomic mass is 10.3. The molecular formula is C10H14N4S. The maximum absolute atomic E-state index is 4.26. The maximum atomic E-state index is 4.26. The fraction of sp³-hybridized carbons (Fsp3) is 0.400. The predicted molar refractivity (Wildman–Crippen MR) is 61.2 cm³/mol. The number of nitrogens with one attached hydrogen (secondary N) is 1. The van der Waals surface area contributed by atoms with E-state index in [0.717, 1.165) is 24.6 Å². The molecule has 0 aromatic carbocycles. The van der Waals surface area contributed by atoms with Crippen LogP contribution in [0.2, 0.25) is 0 Å². The minimum absolute atomic E-state index is 0.874. The molecular weight excluding hydrogens is 208 g/mol. The molecule has 4 nitrogen and oxygen atoms in total. The van der Waals surface area contributed by atoms with Crippen LogP contribution in [-0.2, 0) is 6.54 Å². The van der Waals surface area contributed by atoms with Gasteiger partial charge in [-0.1, -0.05) is 6.92 Å². The van der Waals surface area contributed by atoms with Crippen LogP contribution in [0.15, 0.2) is 24.0 Å². The first-order valence-electron chi connectivity index (χ1n) is 5.04. The lowest BCUT2D eigenvalue weighted by Gasteiger charge is -1.98. The third-order valence-corrected chi connectivity index (χ3v) is 2.77. The first kappa shape index (κ1) is 10.3. The van der Waals surface area contributed by atoms with Gasteiger partial charge in [0.1, 0.15) is 0 Å². The van der Waals surface area contributed by atoms with Crippen molar-refractivity contribution < 1.29 is 0 Å². The number of hydrogen-bond acceptors (Lipinski definition) is 4. The van der Waals surface area contributed by atoms with Crippen molar-refractivity contribution in [2.75, 3.05) is 6.54 Å². The molecule has 0 fully saturated rings. The zero-order valence-corrected chi connectivity index (χ0v) is 9.50. The summed E-state index contributed by atoms with van der Waals surface area (Å²) in [6.45, 7) is 4.08. The highest BCUT2D eigenvalue weighted by atomic mass is 32.1. The van der Waals surface area contributed by atoms with E-state index in [9.17, 15) is 0 Å². The van der Waals surface area contributed by atoms with Crippen LogP contribution < -0.4 is 5.32 Å². The van der Waals surface area contributed by atoms with E-state index in [-0.39, 0.29) is 0 Å². The van der Waals surface area contributed by atoms with E-state index >= 15 is 0 Å². The van der Waals surface area contributed by atoms with Gasteiger partial charge in [0.2, 0.25) is 5.13 Å². The van der Waals surface area contributed by atoms with Crippen molar-refractivity contribution in [1.29, 1.82) is 0 Å². The Hall–Kier alpha value is -1.20. The topological polar surface area (TPSA) is 42.7 Å². The van der Waals surface area contributed by atoms with Gasteiger partial charge in [0.25, 0.3) is 0 Å². The lowest BCUT2D eigenvalue weighted by molar-refractivity contribution is 0.675. The Morgan fingerprint density at radius 1 is 1.53 bits per heavy atom. The van der Waals surface area contributed by atoms with E-state index < -0.39 is 0 Å². The Morgan fingerprint density at radius 2 is 2.47 bits per heavy atom. The Kier molecular flexibility index (Phi) is 3.47. The van der Waals surface area contributed by atoms with Crippen molar-refractivity contribution in [2.24, 2.45) is 0 Å². The molecule has 0 spiro atoms. The summed E-state index contributed by atoms with van der Waals surface area (Å²) in [5, 5.41) is 10.5. The summed E-state index contributed by atoms with van der Waals surface area (Å²) in [6.07, 6.45) is 6.84. The number of aromatic nitrogens is 3. The second-order valence-electron chi connectivity index (χ2n) is 3.28. The standard InChI is InChI=1S/C10H14N4S/c1-2-3-11-6-9-7-13-14(8-9)10-12-4-5-15-10/h4-5,7-8,11H,2-3,6H2,1H3. The molecule has 0 aliphatic carbocycles. The lowest BCUT2D eigenvalue weighted by Crippen LogP contribution is -2.13. The third-order valence-electron chi connectivity index (χ3n) is 2.01. The molecule has 0 amide bonds. The van der Waals surface area contributed by atoms with Crippen LogP contribution in [-0.4, -0.2) is 21.3 Å². The van der Waals surface area contributed by atoms with Gasteiger partial charge >= 0.3 is 0 Å². The molecule has 1 N–H and O–H groups in total. The van der Waals surface area contributed by atoms with Crippen molar-refractivity contribution in [1.82, 2.24) is 20.1 Å². The molecule has 5 heteroatoms. The summed E-state index contributed by atoms with van der Waals surface area (Å²) in [5.41, 5.74) is 1.19. The largest absolute Gasteiger partial charge is 0.313 e. The molecule has 80 valence electrons. The Morgan fingerprint density at radius 3 is 3.20 bits per heavy atom. The molecule has 0 atom stereocenters. The Labute approximate surface area is 93.0 Å². The van der Waals surface area contributed by atoms with E-state index in [1.807, 2.05) is 22.5 Å². The van der Waals surface area contributed by atoms with Crippen molar-refractivity contribution in [3.05, 3.63) is 29.5 Å². The minimum Gasteiger partial charge on any atom is -0.313 e. The minimum atomic E-state index is 0.874. The van der Waals surface area contributed by atoms with Crippen LogP contribution in [0.5, 0.6) is 0 Å². The SMILES string of the molecule is CCCNCc1cnn(-c2nccs2)c1. The molecule has 0 saturated heterocycles. The molecule has 2 heterocycles. The van der Waals surface area contributed by atoms with Gasteiger partial charge in [-0.2, -0.15) is 5.10 Å². The Balaban J connectivity index is 1.98. The molecule has 0 bridgehead atoms. The molecule has 15 heavy (non-hydrogen) atoms. The highest BCUT2D eigenvalue weighted by Gasteiger charge is 2.01. The number of nitrogens with zero attached hydrogens (tertiary/aromatic N) is 3. The van der Waals surface area contributed by atoms with E-state index in [1.165, 1.54) is 5.56 Å². The van der Waals surface area contributed by atoms with E-state index in [1.54, 1.807) is 17.5 Å². The van der Waals surface area contributed by atoms with E-state index in [4.69, 9.17) is 0 Å².